The van der Waals surface area contributed by atoms with Crippen LogP contribution in [-0.2, 0) is 20.7 Å². The summed E-state index contributed by atoms with van der Waals surface area (Å²) in [6, 6.07) is 4.85. The number of hydrogen-bond donors (Lipinski definition) is 0. The van der Waals surface area contributed by atoms with Gasteiger partial charge in [-0.2, -0.15) is 13.2 Å². The fraction of sp³-hybridized carbons (Fsp3) is 0.412. The zero-order chi connectivity index (χ0) is 18.8. The maximum absolute atomic E-state index is 13.1. The third-order valence-electron chi connectivity index (χ3n) is 4.17. The van der Waals surface area contributed by atoms with Crippen LogP contribution in [0.1, 0.15) is 12.5 Å². The van der Waals surface area contributed by atoms with E-state index in [1.807, 2.05) is 0 Å². The quantitative estimate of drug-likeness (QED) is 0.556. The van der Waals surface area contributed by atoms with E-state index in [1.165, 1.54) is 6.08 Å². The van der Waals surface area contributed by atoms with Crippen molar-refractivity contribution in [2.24, 2.45) is 5.92 Å². The summed E-state index contributed by atoms with van der Waals surface area (Å²) >= 11 is 3.36. The van der Waals surface area contributed by atoms with Crippen LogP contribution in [0, 0.1) is 5.92 Å². The van der Waals surface area contributed by atoms with Crippen LogP contribution in [0.5, 0.6) is 0 Å². The SMILES string of the molecule is COC(=O)[C@@H]1C=C[C@@H](C)[C@H](Cc2ccccc2Br)N1C(=O)C(F)(F)F. The number of halogens is 4. The van der Waals surface area contributed by atoms with Gasteiger partial charge in [-0.3, -0.25) is 4.79 Å². The second-order valence-corrected chi connectivity index (χ2v) is 6.64. The van der Waals surface area contributed by atoms with E-state index in [9.17, 15) is 22.8 Å². The van der Waals surface area contributed by atoms with Crippen LogP contribution >= 0.6 is 15.9 Å². The lowest BCUT2D eigenvalue weighted by Gasteiger charge is -2.41. The molecule has 3 atom stereocenters. The highest BCUT2D eigenvalue weighted by Gasteiger charge is 2.50. The first-order valence-electron chi connectivity index (χ1n) is 7.56. The molecule has 25 heavy (non-hydrogen) atoms. The van der Waals surface area contributed by atoms with Crippen molar-refractivity contribution in [2.45, 2.75) is 31.6 Å². The van der Waals surface area contributed by atoms with Gasteiger partial charge < -0.3 is 9.64 Å². The maximum Gasteiger partial charge on any atom is 0.471 e. The van der Waals surface area contributed by atoms with E-state index in [1.54, 1.807) is 37.3 Å². The summed E-state index contributed by atoms with van der Waals surface area (Å²) in [7, 11) is 1.08. The molecule has 0 spiro atoms. The van der Waals surface area contributed by atoms with Gasteiger partial charge in [-0.25, -0.2) is 4.79 Å². The van der Waals surface area contributed by atoms with Gasteiger partial charge in [0.1, 0.15) is 6.04 Å². The number of carbonyl (C=O) groups excluding carboxylic acids is 2. The lowest BCUT2D eigenvalue weighted by molar-refractivity contribution is -0.193. The molecule has 1 aromatic rings. The average molecular weight is 420 g/mol. The average Bonchev–Trinajstić information content (AvgIpc) is 2.56. The Kier molecular flexibility index (Phi) is 5.92. The van der Waals surface area contributed by atoms with Gasteiger partial charge in [0.25, 0.3) is 0 Å². The molecule has 0 saturated heterocycles. The molecular weight excluding hydrogens is 403 g/mol. The van der Waals surface area contributed by atoms with E-state index in [4.69, 9.17) is 0 Å². The molecule has 8 heteroatoms. The van der Waals surface area contributed by atoms with E-state index in [2.05, 4.69) is 20.7 Å². The third-order valence-corrected chi connectivity index (χ3v) is 4.94. The molecule has 1 aliphatic rings. The molecule has 1 heterocycles. The van der Waals surface area contributed by atoms with Crippen molar-refractivity contribution in [1.82, 2.24) is 4.90 Å². The summed E-state index contributed by atoms with van der Waals surface area (Å²) in [5, 5.41) is 0. The Labute approximate surface area is 151 Å². The predicted octanol–water partition coefficient (Wildman–Crippen LogP) is 3.50. The molecule has 136 valence electrons. The van der Waals surface area contributed by atoms with Crippen LogP contribution < -0.4 is 0 Å². The van der Waals surface area contributed by atoms with Crippen molar-refractivity contribution in [3.05, 3.63) is 46.5 Å². The predicted molar refractivity (Wildman–Crippen MR) is 88.6 cm³/mol. The van der Waals surface area contributed by atoms with Gasteiger partial charge in [-0.1, -0.05) is 53.2 Å². The Hall–Kier alpha value is -1.83. The lowest BCUT2D eigenvalue weighted by atomic mass is 9.88. The molecule has 1 aromatic carbocycles. The molecule has 0 aliphatic carbocycles. The fourth-order valence-corrected chi connectivity index (χ4v) is 3.32. The second-order valence-electron chi connectivity index (χ2n) is 5.79. The minimum absolute atomic E-state index is 0.169. The lowest BCUT2D eigenvalue weighted by Crippen LogP contribution is -2.58. The Bertz CT molecular complexity index is 690. The van der Waals surface area contributed by atoms with E-state index in [0.29, 0.717) is 4.90 Å². The Morgan fingerprint density at radius 3 is 2.44 bits per heavy atom. The largest absolute Gasteiger partial charge is 0.471 e. The molecule has 0 radical (unpaired) electrons. The summed E-state index contributed by atoms with van der Waals surface area (Å²) in [4.78, 5) is 24.6. The summed E-state index contributed by atoms with van der Waals surface area (Å²) in [6.07, 6.45) is -1.98. The van der Waals surface area contributed by atoms with Gasteiger partial charge in [0, 0.05) is 10.5 Å². The van der Waals surface area contributed by atoms with Crippen molar-refractivity contribution in [3.8, 4) is 0 Å². The minimum atomic E-state index is -5.08. The monoisotopic (exact) mass is 419 g/mol. The van der Waals surface area contributed by atoms with Gasteiger partial charge >= 0.3 is 18.1 Å². The number of hydrogen-bond acceptors (Lipinski definition) is 3. The number of amides is 1. The fourth-order valence-electron chi connectivity index (χ4n) is 2.87. The van der Waals surface area contributed by atoms with Gasteiger partial charge in [0.05, 0.1) is 7.11 Å². The smallest absolute Gasteiger partial charge is 0.467 e. The summed E-state index contributed by atoms with van der Waals surface area (Å²) in [5.74, 6) is -3.31. The van der Waals surface area contributed by atoms with E-state index in [-0.39, 0.29) is 12.3 Å². The maximum atomic E-state index is 13.1. The van der Waals surface area contributed by atoms with Crippen LogP contribution in [0.2, 0.25) is 0 Å². The second kappa shape index (κ2) is 7.59. The Morgan fingerprint density at radius 2 is 1.88 bits per heavy atom. The van der Waals surface area contributed by atoms with Gasteiger partial charge in [0.15, 0.2) is 0 Å². The van der Waals surface area contributed by atoms with Crippen LogP contribution in [0.15, 0.2) is 40.9 Å². The molecule has 1 amide bonds. The van der Waals surface area contributed by atoms with Crippen LogP contribution in [-0.4, -0.2) is 42.1 Å². The molecule has 0 N–H and O–H groups in total. The van der Waals surface area contributed by atoms with Crippen molar-refractivity contribution < 1.29 is 27.5 Å². The molecule has 2 rings (SSSR count). The van der Waals surface area contributed by atoms with Gasteiger partial charge in [-0.15, -0.1) is 0 Å². The molecule has 1 aliphatic heterocycles. The number of ether oxygens (including phenoxy) is 1. The van der Waals surface area contributed by atoms with E-state index < -0.39 is 30.1 Å². The first-order chi connectivity index (χ1) is 11.7. The minimum Gasteiger partial charge on any atom is -0.467 e. The highest BCUT2D eigenvalue weighted by Crippen LogP contribution is 2.32. The molecular formula is C17H17BrF3NO3. The highest BCUT2D eigenvalue weighted by molar-refractivity contribution is 9.10. The number of benzene rings is 1. The van der Waals surface area contributed by atoms with Crippen LogP contribution in [0.25, 0.3) is 0 Å². The first kappa shape index (κ1) is 19.5. The van der Waals surface area contributed by atoms with Gasteiger partial charge in [0.2, 0.25) is 0 Å². The topological polar surface area (TPSA) is 46.6 Å². The normalized spacial score (nSPS) is 23.4. The van der Waals surface area contributed by atoms with Crippen molar-refractivity contribution >= 4 is 27.8 Å². The number of nitrogens with zero attached hydrogens (tertiary/aromatic N) is 1. The third kappa shape index (κ3) is 4.23. The molecule has 0 unspecified atom stereocenters. The summed E-state index contributed by atoms with van der Waals surface area (Å²) in [5.41, 5.74) is 0.748. The summed E-state index contributed by atoms with van der Waals surface area (Å²) in [6.45, 7) is 1.71. The molecule has 0 fully saturated rings. The van der Waals surface area contributed by atoms with Crippen molar-refractivity contribution in [1.29, 1.82) is 0 Å². The van der Waals surface area contributed by atoms with Crippen LogP contribution in [0.3, 0.4) is 0 Å². The van der Waals surface area contributed by atoms with Gasteiger partial charge in [-0.05, 0) is 24.0 Å². The number of alkyl halides is 3. The Morgan fingerprint density at radius 1 is 1.24 bits per heavy atom. The number of rotatable bonds is 3. The standard InChI is InChI=1S/C17H17BrF3NO3/c1-10-7-8-13(15(23)25-2)22(16(24)17(19,20)21)14(10)9-11-5-3-4-6-12(11)18/h3-8,10,13-14H,9H2,1-2H3/t10-,13+,14+/m1/s1. The van der Waals surface area contributed by atoms with E-state index in [0.717, 1.165) is 17.1 Å². The number of esters is 1. The summed E-state index contributed by atoms with van der Waals surface area (Å²) < 4.78 is 44.7. The van der Waals surface area contributed by atoms with Crippen molar-refractivity contribution in [2.75, 3.05) is 7.11 Å². The molecule has 0 bridgehead atoms. The molecule has 0 saturated carbocycles. The number of methoxy groups -OCH3 is 1. The zero-order valence-electron chi connectivity index (χ0n) is 13.6. The first-order valence-corrected chi connectivity index (χ1v) is 8.35. The molecule has 0 aromatic heterocycles. The van der Waals surface area contributed by atoms with Crippen LogP contribution in [0.4, 0.5) is 13.2 Å². The highest BCUT2D eigenvalue weighted by atomic mass is 79.9. The molecule has 4 nitrogen and oxygen atoms in total. The van der Waals surface area contributed by atoms with Crippen molar-refractivity contribution in [3.63, 3.8) is 0 Å². The number of carbonyl (C=O) groups is 2. The van der Waals surface area contributed by atoms with E-state index >= 15 is 0 Å². The zero-order valence-corrected chi connectivity index (χ0v) is 15.2. The Balaban J connectivity index is 2.45.